The van der Waals surface area contributed by atoms with Crippen LogP contribution < -0.4 is 5.73 Å². The van der Waals surface area contributed by atoms with Gasteiger partial charge < -0.3 is 15.6 Å². The Labute approximate surface area is 77.2 Å². The molecule has 1 unspecified atom stereocenters. The molecule has 70 valence electrons. The molecule has 3 heteroatoms. The van der Waals surface area contributed by atoms with Crippen molar-refractivity contribution in [1.82, 2.24) is 0 Å². The van der Waals surface area contributed by atoms with Gasteiger partial charge in [0, 0.05) is 0 Å². The van der Waals surface area contributed by atoms with Crippen molar-refractivity contribution in [2.24, 2.45) is 5.73 Å². The fourth-order valence-corrected chi connectivity index (χ4v) is 1.11. The van der Waals surface area contributed by atoms with Crippen LogP contribution in [0.5, 0.6) is 0 Å². The van der Waals surface area contributed by atoms with E-state index in [1.54, 1.807) is 0 Å². The van der Waals surface area contributed by atoms with E-state index >= 15 is 0 Å². The average molecular weight is 179 g/mol. The van der Waals surface area contributed by atoms with Gasteiger partial charge in [-0.05, 0) is 12.0 Å². The Balaban J connectivity index is 2.73. The number of hydrogen-bond donors (Lipinski definition) is 2. The summed E-state index contributed by atoms with van der Waals surface area (Å²) in [6.45, 7) is -0.328. The second-order valence-corrected chi connectivity index (χ2v) is 3.17. The number of aliphatic hydroxyl groups is 1. The molecule has 1 atom stereocenters. The summed E-state index contributed by atoms with van der Waals surface area (Å²) in [5.41, 5.74) is 5.42. The fourth-order valence-electron chi connectivity index (χ4n) is 1.11. The van der Waals surface area contributed by atoms with Gasteiger partial charge in [0.1, 0.15) is 6.29 Å². The molecule has 0 spiro atoms. The van der Waals surface area contributed by atoms with Crippen molar-refractivity contribution < 1.29 is 9.90 Å². The van der Waals surface area contributed by atoms with E-state index in [1.807, 2.05) is 30.3 Å². The SMILES string of the molecule is NC(C=O)(CO)Cc1ccccc1. The lowest BCUT2D eigenvalue weighted by molar-refractivity contribution is -0.113. The Morgan fingerprint density at radius 2 is 2.00 bits per heavy atom. The third-order valence-corrected chi connectivity index (χ3v) is 1.91. The lowest BCUT2D eigenvalue weighted by Crippen LogP contribution is -2.47. The highest BCUT2D eigenvalue weighted by molar-refractivity contribution is 5.64. The number of aliphatic hydroxyl groups excluding tert-OH is 1. The number of carbonyl (C=O) groups is 1. The fraction of sp³-hybridized carbons (Fsp3) is 0.300. The third-order valence-electron chi connectivity index (χ3n) is 1.91. The molecular formula is C10H13NO2. The smallest absolute Gasteiger partial charge is 0.142 e. The lowest BCUT2D eigenvalue weighted by Gasteiger charge is -2.19. The molecule has 3 N–H and O–H groups in total. The van der Waals surface area contributed by atoms with Gasteiger partial charge in [-0.15, -0.1) is 0 Å². The summed E-state index contributed by atoms with van der Waals surface area (Å²) in [5.74, 6) is 0. The number of rotatable bonds is 4. The molecule has 0 amide bonds. The largest absolute Gasteiger partial charge is 0.394 e. The second kappa shape index (κ2) is 4.16. The highest BCUT2D eigenvalue weighted by Crippen LogP contribution is 2.07. The maximum atomic E-state index is 10.6. The first-order valence-electron chi connectivity index (χ1n) is 4.10. The highest BCUT2D eigenvalue weighted by Gasteiger charge is 2.23. The van der Waals surface area contributed by atoms with Gasteiger partial charge in [-0.1, -0.05) is 30.3 Å². The van der Waals surface area contributed by atoms with Crippen molar-refractivity contribution in [2.75, 3.05) is 6.61 Å². The number of benzene rings is 1. The summed E-state index contributed by atoms with van der Waals surface area (Å²) in [6, 6.07) is 9.39. The number of aldehydes is 1. The molecule has 0 aromatic heterocycles. The van der Waals surface area contributed by atoms with Crippen LogP contribution in [0.25, 0.3) is 0 Å². The summed E-state index contributed by atoms with van der Waals surface area (Å²) < 4.78 is 0. The maximum Gasteiger partial charge on any atom is 0.142 e. The van der Waals surface area contributed by atoms with Crippen LogP contribution >= 0.6 is 0 Å². The van der Waals surface area contributed by atoms with Gasteiger partial charge in [0.05, 0.1) is 12.1 Å². The van der Waals surface area contributed by atoms with E-state index in [1.165, 1.54) is 0 Å². The van der Waals surface area contributed by atoms with E-state index in [0.717, 1.165) is 5.56 Å². The van der Waals surface area contributed by atoms with E-state index in [-0.39, 0.29) is 6.61 Å². The molecule has 1 aromatic carbocycles. The van der Waals surface area contributed by atoms with Crippen LogP contribution in [0.3, 0.4) is 0 Å². The molecule has 0 aliphatic heterocycles. The average Bonchev–Trinajstić information content (AvgIpc) is 2.19. The molecule has 0 fully saturated rings. The predicted octanol–water partition coefficient (Wildman–Crippen LogP) is 0.118. The van der Waals surface area contributed by atoms with Gasteiger partial charge in [0.25, 0.3) is 0 Å². The van der Waals surface area contributed by atoms with Gasteiger partial charge in [-0.2, -0.15) is 0 Å². The Morgan fingerprint density at radius 1 is 1.38 bits per heavy atom. The van der Waals surface area contributed by atoms with Gasteiger partial charge in [-0.25, -0.2) is 0 Å². The Hall–Kier alpha value is -1.19. The zero-order valence-corrected chi connectivity index (χ0v) is 7.31. The van der Waals surface area contributed by atoms with E-state index < -0.39 is 5.54 Å². The Kier molecular flexibility index (Phi) is 3.17. The van der Waals surface area contributed by atoms with Crippen molar-refractivity contribution in [3.05, 3.63) is 35.9 Å². The van der Waals surface area contributed by atoms with E-state index in [4.69, 9.17) is 10.8 Å². The van der Waals surface area contributed by atoms with Crippen molar-refractivity contribution in [1.29, 1.82) is 0 Å². The topological polar surface area (TPSA) is 63.3 Å². The van der Waals surface area contributed by atoms with Crippen molar-refractivity contribution >= 4 is 6.29 Å². The zero-order valence-electron chi connectivity index (χ0n) is 7.31. The van der Waals surface area contributed by atoms with Crippen molar-refractivity contribution in [2.45, 2.75) is 12.0 Å². The first kappa shape index (κ1) is 9.89. The molecule has 1 rings (SSSR count). The molecule has 13 heavy (non-hydrogen) atoms. The summed E-state index contributed by atoms with van der Waals surface area (Å²) in [7, 11) is 0. The summed E-state index contributed by atoms with van der Waals surface area (Å²) in [4.78, 5) is 10.6. The van der Waals surface area contributed by atoms with Gasteiger partial charge in [0.15, 0.2) is 0 Å². The first-order chi connectivity index (χ1) is 6.20. The minimum Gasteiger partial charge on any atom is -0.394 e. The van der Waals surface area contributed by atoms with Crippen LogP contribution in [0.4, 0.5) is 0 Å². The van der Waals surface area contributed by atoms with Gasteiger partial charge in [-0.3, -0.25) is 0 Å². The summed E-state index contributed by atoms with van der Waals surface area (Å²) in [5, 5.41) is 8.89. The summed E-state index contributed by atoms with van der Waals surface area (Å²) in [6.07, 6.45) is 0.966. The van der Waals surface area contributed by atoms with Gasteiger partial charge in [0.2, 0.25) is 0 Å². The Bertz CT molecular complexity index is 274. The van der Waals surface area contributed by atoms with E-state index in [2.05, 4.69) is 0 Å². The molecule has 0 aliphatic carbocycles. The molecule has 3 nitrogen and oxygen atoms in total. The molecule has 1 aromatic rings. The van der Waals surface area contributed by atoms with Crippen LogP contribution in [0.15, 0.2) is 30.3 Å². The van der Waals surface area contributed by atoms with Crippen LogP contribution in [-0.2, 0) is 11.2 Å². The van der Waals surface area contributed by atoms with Crippen LogP contribution in [0.1, 0.15) is 5.56 Å². The number of carbonyl (C=O) groups excluding carboxylic acids is 1. The maximum absolute atomic E-state index is 10.6. The normalized spacial score (nSPS) is 14.9. The number of nitrogens with two attached hydrogens (primary N) is 1. The van der Waals surface area contributed by atoms with E-state index in [9.17, 15) is 4.79 Å². The highest BCUT2D eigenvalue weighted by atomic mass is 16.3. The third kappa shape index (κ3) is 2.65. The van der Waals surface area contributed by atoms with E-state index in [0.29, 0.717) is 12.7 Å². The minimum atomic E-state index is -1.14. The minimum absolute atomic E-state index is 0.328. The zero-order chi connectivity index (χ0) is 9.73. The molecule has 0 saturated carbocycles. The first-order valence-corrected chi connectivity index (χ1v) is 4.10. The molecular weight excluding hydrogens is 166 g/mol. The molecule has 0 aliphatic rings. The molecule has 0 saturated heterocycles. The molecule has 0 radical (unpaired) electrons. The lowest BCUT2D eigenvalue weighted by atomic mass is 9.94. The number of hydrogen-bond acceptors (Lipinski definition) is 3. The van der Waals surface area contributed by atoms with Crippen molar-refractivity contribution in [3.8, 4) is 0 Å². The second-order valence-electron chi connectivity index (χ2n) is 3.17. The van der Waals surface area contributed by atoms with Crippen LogP contribution in [-0.4, -0.2) is 23.5 Å². The van der Waals surface area contributed by atoms with Gasteiger partial charge >= 0.3 is 0 Å². The molecule has 0 heterocycles. The molecule has 0 bridgehead atoms. The monoisotopic (exact) mass is 179 g/mol. The standard InChI is InChI=1S/C10H13NO2/c11-10(7-12,8-13)6-9-4-2-1-3-5-9/h1-5,7,13H,6,8,11H2. The summed E-state index contributed by atoms with van der Waals surface area (Å²) >= 11 is 0. The Morgan fingerprint density at radius 3 is 2.46 bits per heavy atom. The van der Waals surface area contributed by atoms with Crippen LogP contribution in [0.2, 0.25) is 0 Å². The van der Waals surface area contributed by atoms with Crippen LogP contribution in [0, 0.1) is 0 Å². The predicted molar refractivity (Wildman–Crippen MR) is 50.2 cm³/mol. The van der Waals surface area contributed by atoms with Crippen molar-refractivity contribution in [3.63, 3.8) is 0 Å². The quantitative estimate of drug-likeness (QED) is 0.645.